The van der Waals surface area contributed by atoms with Gasteiger partial charge in [-0.25, -0.2) is 0 Å². The van der Waals surface area contributed by atoms with E-state index in [1.165, 1.54) is 9.80 Å². The molecular formula is C20H26N2O3S. The summed E-state index contributed by atoms with van der Waals surface area (Å²) >= 11 is 1.75. The van der Waals surface area contributed by atoms with Gasteiger partial charge in [-0.2, -0.15) is 0 Å². The van der Waals surface area contributed by atoms with E-state index in [0.29, 0.717) is 6.54 Å². The number of nitrogens with one attached hydrogen (secondary N) is 1. The second-order valence-electron chi connectivity index (χ2n) is 7.03. The average molecular weight is 375 g/mol. The van der Waals surface area contributed by atoms with Crippen molar-refractivity contribution >= 4 is 29.5 Å². The highest BCUT2D eigenvalue weighted by atomic mass is 32.2. The maximum absolute atomic E-state index is 12.6. The number of carbonyl (C=O) groups is 3. The second kappa shape index (κ2) is 8.71. The molecule has 140 valence electrons. The quantitative estimate of drug-likeness (QED) is 0.453. The Hall–Kier alpha value is -1.82. The van der Waals surface area contributed by atoms with E-state index in [2.05, 4.69) is 17.4 Å². The zero-order valence-corrected chi connectivity index (χ0v) is 16.0. The number of rotatable bonds is 7. The van der Waals surface area contributed by atoms with Crippen molar-refractivity contribution in [3.63, 3.8) is 0 Å². The summed E-state index contributed by atoms with van der Waals surface area (Å²) in [7, 11) is 0. The minimum absolute atomic E-state index is 0.151. The fraction of sp³-hybridized carbons (Fsp3) is 0.550. The molecule has 3 rings (SSSR count). The highest BCUT2D eigenvalue weighted by Gasteiger charge is 2.50. The van der Waals surface area contributed by atoms with Gasteiger partial charge in [-0.1, -0.05) is 31.0 Å². The summed E-state index contributed by atoms with van der Waals surface area (Å²) in [5.74, 6) is -0.0359. The molecule has 1 heterocycles. The van der Waals surface area contributed by atoms with Crippen LogP contribution in [-0.2, 0) is 14.4 Å². The number of amides is 3. The van der Waals surface area contributed by atoms with Crippen molar-refractivity contribution in [2.75, 3.05) is 12.3 Å². The number of imide groups is 1. The number of hydrogen-bond acceptors (Lipinski definition) is 4. The molecule has 2 aliphatic rings. The highest BCUT2D eigenvalue weighted by Crippen LogP contribution is 2.38. The van der Waals surface area contributed by atoms with Gasteiger partial charge in [0, 0.05) is 11.4 Å². The van der Waals surface area contributed by atoms with Crippen LogP contribution in [0.5, 0.6) is 0 Å². The largest absolute Gasteiger partial charge is 0.354 e. The van der Waals surface area contributed by atoms with E-state index < -0.39 is 6.04 Å². The van der Waals surface area contributed by atoms with Crippen LogP contribution in [0.2, 0.25) is 0 Å². The van der Waals surface area contributed by atoms with Crippen LogP contribution >= 0.6 is 11.8 Å². The maximum Gasteiger partial charge on any atom is 0.243 e. The number of carbonyl (C=O) groups excluding carboxylic acids is 3. The van der Waals surface area contributed by atoms with Gasteiger partial charge in [0.25, 0.3) is 0 Å². The Morgan fingerprint density at radius 1 is 1.15 bits per heavy atom. The van der Waals surface area contributed by atoms with Crippen molar-refractivity contribution in [3.05, 3.63) is 30.3 Å². The number of thioether (sulfide) groups is 1. The lowest BCUT2D eigenvalue weighted by Gasteiger charge is -2.22. The van der Waals surface area contributed by atoms with Crippen LogP contribution in [0.25, 0.3) is 0 Å². The van der Waals surface area contributed by atoms with Crippen molar-refractivity contribution < 1.29 is 14.4 Å². The predicted octanol–water partition coefficient (Wildman–Crippen LogP) is 2.85. The van der Waals surface area contributed by atoms with Crippen molar-refractivity contribution in [3.8, 4) is 0 Å². The zero-order chi connectivity index (χ0) is 18.5. The molecule has 0 spiro atoms. The van der Waals surface area contributed by atoms with Gasteiger partial charge in [0.15, 0.2) is 0 Å². The lowest BCUT2D eigenvalue weighted by Crippen LogP contribution is -2.48. The summed E-state index contributed by atoms with van der Waals surface area (Å²) < 4.78 is 0. The van der Waals surface area contributed by atoms with Crippen molar-refractivity contribution in [1.29, 1.82) is 0 Å². The van der Waals surface area contributed by atoms with Gasteiger partial charge in [0.1, 0.15) is 6.04 Å². The van der Waals surface area contributed by atoms with E-state index in [1.54, 1.807) is 18.7 Å². The Bertz CT molecular complexity index is 640. The van der Waals surface area contributed by atoms with Gasteiger partial charge in [-0.15, -0.1) is 11.8 Å². The Morgan fingerprint density at radius 3 is 2.38 bits per heavy atom. The van der Waals surface area contributed by atoms with E-state index >= 15 is 0 Å². The maximum atomic E-state index is 12.6. The monoisotopic (exact) mass is 374 g/mol. The first-order valence-corrected chi connectivity index (χ1v) is 10.4. The molecule has 1 aliphatic carbocycles. The van der Waals surface area contributed by atoms with Gasteiger partial charge in [-0.05, 0) is 44.1 Å². The fourth-order valence-corrected chi connectivity index (χ4v) is 4.70. The van der Waals surface area contributed by atoms with E-state index in [9.17, 15) is 14.4 Å². The van der Waals surface area contributed by atoms with E-state index in [-0.39, 0.29) is 29.6 Å². The second-order valence-corrected chi connectivity index (χ2v) is 8.19. The molecule has 1 aromatic carbocycles. The number of likely N-dealkylation sites (tertiary alicyclic amines) is 1. The number of hydrogen-bond donors (Lipinski definition) is 1. The van der Waals surface area contributed by atoms with E-state index in [1.807, 2.05) is 18.2 Å². The summed E-state index contributed by atoms with van der Waals surface area (Å²) in [6.07, 6.45) is 4.38. The van der Waals surface area contributed by atoms with Gasteiger partial charge < -0.3 is 5.32 Å². The van der Waals surface area contributed by atoms with Gasteiger partial charge >= 0.3 is 0 Å². The van der Waals surface area contributed by atoms with E-state index in [0.717, 1.165) is 37.9 Å². The molecule has 6 heteroatoms. The summed E-state index contributed by atoms with van der Waals surface area (Å²) in [5, 5.41) is 2.87. The van der Waals surface area contributed by atoms with Crippen LogP contribution in [-0.4, -0.2) is 41.0 Å². The summed E-state index contributed by atoms with van der Waals surface area (Å²) in [4.78, 5) is 39.9. The molecule has 3 atom stereocenters. The summed E-state index contributed by atoms with van der Waals surface area (Å²) in [5.41, 5.74) is 0. The SMILES string of the molecule is CC(C(=O)NCCCSc1ccccc1)N1C(=O)C2CCCCC2C1=O. The van der Waals surface area contributed by atoms with Crippen LogP contribution in [0.15, 0.2) is 35.2 Å². The lowest BCUT2D eigenvalue weighted by molar-refractivity contribution is -0.147. The summed E-state index contributed by atoms with van der Waals surface area (Å²) in [6, 6.07) is 9.41. The molecule has 1 N–H and O–H groups in total. The highest BCUT2D eigenvalue weighted by molar-refractivity contribution is 7.99. The van der Waals surface area contributed by atoms with Crippen LogP contribution < -0.4 is 5.32 Å². The molecule has 1 aromatic rings. The van der Waals surface area contributed by atoms with Crippen molar-refractivity contribution in [2.24, 2.45) is 11.8 Å². The normalized spacial score (nSPS) is 23.7. The average Bonchev–Trinajstić information content (AvgIpc) is 2.92. The first-order valence-electron chi connectivity index (χ1n) is 9.42. The predicted molar refractivity (Wildman–Crippen MR) is 102 cm³/mol. The number of nitrogens with zero attached hydrogens (tertiary/aromatic N) is 1. The Morgan fingerprint density at radius 2 is 1.77 bits per heavy atom. The van der Waals surface area contributed by atoms with Crippen LogP contribution in [0.3, 0.4) is 0 Å². The Balaban J connectivity index is 1.44. The molecule has 5 nitrogen and oxygen atoms in total. The first kappa shape index (κ1) is 19.0. The van der Waals surface area contributed by atoms with Crippen LogP contribution in [0, 0.1) is 11.8 Å². The summed E-state index contributed by atoms with van der Waals surface area (Å²) in [6.45, 7) is 2.20. The molecule has 26 heavy (non-hydrogen) atoms. The minimum atomic E-state index is -0.720. The zero-order valence-electron chi connectivity index (χ0n) is 15.1. The third-order valence-corrected chi connectivity index (χ3v) is 6.37. The third kappa shape index (κ3) is 4.11. The van der Waals surface area contributed by atoms with Crippen LogP contribution in [0.4, 0.5) is 0 Å². The first-order chi connectivity index (χ1) is 12.6. The Kier molecular flexibility index (Phi) is 6.35. The van der Waals surface area contributed by atoms with Crippen molar-refractivity contribution in [1.82, 2.24) is 10.2 Å². The van der Waals surface area contributed by atoms with Crippen LogP contribution in [0.1, 0.15) is 39.0 Å². The van der Waals surface area contributed by atoms with Gasteiger partial charge in [0.2, 0.25) is 17.7 Å². The minimum Gasteiger partial charge on any atom is -0.354 e. The van der Waals surface area contributed by atoms with E-state index in [4.69, 9.17) is 0 Å². The lowest BCUT2D eigenvalue weighted by atomic mass is 9.81. The standard InChI is InChI=1S/C20H26N2O3S/c1-14(22-19(24)16-10-5-6-11-17(16)20(22)25)18(23)21-12-7-13-26-15-8-3-2-4-9-15/h2-4,8-9,14,16-17H,5-7,10-13H2,1H3,(H,21,23). The number of benzene rings is 1. The topological polar surface area (TPSA) is 66.5 Å². The fourth-order valence-electron chi connectivity index (χ4n) is 3.83. The number of fused-ring (bicyclic) bond motifs is 1. The molecule has 1 saturated carbocycles. The Labute approximate surface area is 158 Å². The molecule has 0 aromatic heterocycles. The van der Waals surface area contributed by atoms with Gasteiger partial charge in [-0.3, -0.25) is 19.3 Å². The van der Waals surface area contributed by atoms with Crippen molar-refractivity contribution in [2.45, 2.75) is 50.0 Å². The smallest absolute Gasteiger partial charge is 0.243 e. The van der Waals surface area contributed by atoms with Gasteiger partial charge in [0.05, 0.1) is 11.8 Å². The third-order valence-electron chi connectivity index (χ3n) is 5.27. The molecule has 1 saturated heterocycles. The molecule has 1 aliphatic heterocycles. The molecule has 0 bridgehead atoms. The molecule has 0 radical (unpaired) electrons. The molecule has 3 amide bonds. The molecular weight excluding hydrogens is 348 g/mol. The molecule has 3 unspecified atom stereocenters. The molecule has 2 fully saturated rings.